The van der Waals surface area contributed by atoms with Gasteiger partial charge in [-0.15, -0.1) is 0 Å². The summed E-state index contributed by atoms with van der Waals surface area (Å²) in [6.07, 6.45) is 3.36. The molecule has 1 aliphatic rings. The average Bonchev–Trinajstić information content (AvgIpc) is 2.72. The van der Waals surface area contributed by atoms with E-state index in [-0.39, 0.29) is 0 Å². The number of hydrogen-bond donors (Lipinski definition) is 0. The van der Waals surface area contributed by atoms with Gasteiger partial charge in [-0.3, -0.25) is 0 Å². The van der Waals surface area contributed by atoms with Gasteiger partial charge < -0.3 is 0 Å². The van der Waals surface area contributed by atoms with Crippen LogP contribution >= 0.6 is 15.9 Å². The number of benzene rings is 2. The summed E-state index contributed by atoms with van der Waals surface area (Å²) in [5.41, 5.74) is 6.88. The first-order chi connectivity index (χ1) is 8.25. The molecule has 0 unspecified atom stereocenters. The Hall–Kier alpha value is -1.34. The van der Waals surface area contributed by atoms with Gasteiger partial charge in [0, 0.05) is 4.47 Å². The van der Waals surface area contributed by atoms with Gasteiger partial charge >= 0.3 is 0 Å². The summed E-state index contributed by atoms with van der Waals surface area (Å²) in [5, 5.41) is 0. The molecule has 0 bridgehead atoms. The van der Waals surface area contributed by atoms with Crippen molar-refractivity contribution in [2.45, 2.75) is 13.3 Å². The Morgan fingerprint density at radius 3 is 2.47 bits per heavy atom. The van der Waals surface area contributed by atoms with Crippen LogP contribution in [0.15, 0.2) is 53.0 Å². The Balaban J connectivity index is 2.24. The summed E-state index contributed by atoms with van der Waals surface area (Å²) in [6, 6.07) is 15.0. The van der Waals surface area contributed by atoms with Crippen molar-refractivity contribution in [3.05, 3.63) is 64.1 Å². The zero-order valence-electron chi connectivity index (χ0n) is 9.70. The highest BCUT2D eigenvalue weighted by atomic mass is 79.9. The van der Waals surface area contributed by atoms with Gasteiger partial charge in [0.1, 0.15) is 0 Å². The van der Waals surface area contributed by atoms with E-state index in [4.69, 9.17) is 0 Å². The molecule has 0 amide bonds. The second-order valence-corrected chi connectivity index (χ2v) is 5.35. The van der Waals surface area contributed by atoms with Crippen molar-refractivity contribution in [2.75, 3.05) is 0 Å². The molecule has 0 saturated heterocycles. The van der Waals surface area contributed by atoms with Crippen LogP contribution in [-0.4, -0.2) is 0 Å². The molecule has 84 valence electrons. The molecule has 0 N–H and O–H groups in total. The Morgan fingerprint density at radius 2 is 1.71 bits per heavy atom. The van der Waals surface area contributed by atoms with E-state index in [2.05, 4.69) is 71.4 Å². The van der Waals surface area contributed by atoms with Crippen LogP contribution in [0.3, 0.4) is 0 Å². The standard InChI is InChI=1S/C16H13Br/c1-11-7-8-14-15(11)9-13(17)10-16(14)12-5-3-2-4-6-12/h2-7,9-10H,8H2,1H3. The quantitative estimate of drug-likeness (QED) is 0.685. The smallest absolute Gasteiger partial charge is 0.0187 e. The van der Waals surface area contributed by atoms with E-state index in [1.165, 1.54) is 27.8 Å². The largest absolute Gasteiger partial charge is 0.0765 e. The van der Waals surface area contributed by atoms with Crippen molar-refractivity contribution in [3.63, 3.8) is 0 Å². The van der Waals surface area contributed by atoms with Crippen molar-refractivity contribution < 1.29 is 0 Å². The first-order valence-electron chi connectivity index (χ1n) is 5.80. The van der Waals surface area contributed by atoms with Crippen molar-refractivity contribution in [1.29, 1.82) is 0 Å². The van der Waals surface area contributed by atoms with Crippen molar-refractivity contribution >= 4 is 21.5 Å². The molecule has 0 atom stereocenters. The van der Waals surface area contributed by atoms with E-state index in [9.17, 15) is 0 Å². The van der Waals surface area contributed by atoms with Crippen LogP contribution in [0.25, 0.3) is 16.7 Å². The fourth-order valence-corrected chi connectivity index (χ4v) is 2.91. The molecule has 1 aliphatic carbocycles. The normalized spacial score (nSPS) is 13.4. The lowest BCUT2D eigenvalue weighted by Gasteiger charge is -2.11. The van der Waals surface area contributed by atoms with Gasteiger partial charge in [0.05, 0.1) is 0 Å². The minimum absolute atomic E-state index is 1.05. The number of hydrogen-bond acceptors (Lipinski definition) is 0. The summed E-state index contributed by atoms with van der Waals surface area (Å²) < 4.78 is 1.16. The molecule has 0 fully saturated rings. The van der Waals surface area contributed by atoms with Crippen LogP contribution in [0.2, 0.25) is 0 Å². The molecule has 17 heavy (non-hydrogen) atoms. The highest BCUT2D eigenvalue weighted by molar-refractivity contribution is 9.10. The maximum Gasteiger partial charge on any atom is 0.0187 e. The predicted octanol–water partition coefficient (Wildman–Crippen LogP) is 5.08. The van der Waals surface area contributed by atoms with Crippen LogP contribution in [0, 0.1) is 0 Å². The van der Waals surface area contributed by atoms with Crippen LogP contribution < -0.4 is 0 Å². The van der Waals surface area contributed by atoms with Crippen molar-refractivity contribution in [2.24, 2.45) is 0 Å². The first-order valence-corrected chi connectivity index (χ1v) is 6.60. The van der Waals surface area contributed by atoms with E-state index in [0.717, 1.165) is 10.9 Å². The van der Waals surface area contributed by atoms with E-state index in [1.54, 1.807) is 0 Å². The van der Waals surface area contributed by atoms with Gasteiger partial charge in [-0.25, -0.2) is 0 Å². The fourth-order valence-electron chi connectivity index (χ4n) is 2.45. The molecule has 0 saturated carbocycles. The highest BCUT2D eigenvalue weighted by Crippen LogP contribution is 2.37. The highest BCUT2D eigenvalue weighted by Gasteiger charge is 2.16. The van der Waals surface area contributed by atoms with Crippen LogP contribution in [-0.2, 0) is 6.42 Å². The first kappa shape index (κ1) is 10.8. The SMILES string of the molecule is CC1=CCc2c1cc(Br)cc2-c1ccccc1. The summed E-state index contributed by atoms with van der Waals surface area (Å²) in [7, 11) is 0. The maximum atomic E-state index is 3.61. The molecule has 3 rings (SSSR count). The van der Waals surface area contributed by atoms with E-state index < -0.39 is 0 Å². The third-order valence-corrected chi connectivity index (χ3v) is 3.79. The molecule has 2 aromatic rings. The third-order valence-electron chi connectivity index (χ3n) is 3.34. The van der Waals surface area contributed by atoms with Gasteiger partial charge in [-0.1, -0.05) is 52.3 Å². The van der Waals surface area contributed by atoms with Crippen LogP contribution in [0.5, 0.6) is 0 Å². The lowest BCUT2D eigenvalue weighted by Crippen LogP contribution is -1.90. The Morgan fingerprint density at radius 1 is 1.00 bits per heavy atom. The topological polar surface area (TPSA) is 0 Å². The summed E-state index contributed by atoms with van der Waals surface area (Å²) in [4.78, 5) is 0. The number of allylic oxidation sites excluding steroid dienone is 2. The number of halogens is 1. The van der Waals surface area contributed by atoms with E-state index in [1.807, 2.05) is 0 Å². The molecule has 0 spiro atoms. The maximum absolute atomic E-state index is 3.61. The lowest BCUT2D eigenvalue weighted by molar-refractivity contribution is 1.30. The Kier molecular flexibility index (Phi) is 2.64. The molecule has 0 aliphatic heterocycles. The van der Waals surface area contributed by atoms with Gasteiger partial charge in [-0.2, -0.15) is 0 Å². The second kappa shape index (κ2) is 4.15. The zero-order chi connectivity index (χ0) is 11.8. The Bertz CT molecular complexity index is 594. The van der Waals surface area contributed by atoms with Gasteiger partial charge in [-0.05, 0) is 53.3 Å². The lowest BCUT2D eigenvalue weighted by atomic mass is 9.95. The average molecular weight is 285 g/mol. The molecular weight excluding hydrogens is 272 g/mol. The van der Waals surface area contributed by atoms with Gasteiger partial charge in [0.15, 0.2) is 0 Å². The molecule has 2 aromatic carbocycles. The minimum atomic E-state index is 1.05. The molecule has 1 heteroatoms. The molecule has 0 radical (unpaired) electrons. The second-order valence-electron chi connectivity index (χ2n) is 4.44. The predicted molar refractivity (Wildman–Crippen MR) is 76.9 cm³/mol. The molecule has 0 aromatic heterocycles. The number of fused-ring (bicyclic) bond motifs is 1. The fraction of sp³-hybridized carbons (Fsp3) is 0.125. The number of rotatable bonds is 1. The van der Waals surface area contributed by atoms with Crippen molar-refractivity contribution in [3.8, 4) is 11.1 Å². The summed E-state index contributed by atoms with van der Waals surface area (Å²) in [6.45, 7) is 2.19. The zero-order valence-corrected chi connectivity index (χ0v) is 11.3. The Labute approximate surface area is 110 Å². The molecular formula is C16H13Br. The summed E-state index contributed by atoms with van der Waals surface area (Å²) >= 11 is 3.61. The monoisotopic (exact) mass is 284 g/mol. The van der Waals surface area contributed by atoms with E-state index in [0.29, 0.717) is 0 Å². The van der Waals surface area contributed by atoms with Crippen LogP contribution in [0.1, 0.15) is 18.1 Å². The van der Waals surface area contributed by atoms with E-state index >= 15 is 0 Å². The van der Waals surface area contributed by atoms with Gasteiger partial charge in [0.2, 0.25) is 0 Å². The van der Waals surface area contributed by atoms with Gasteiger partial charge in [0.25, 0.3) is 0 Å². The molecule has 0 heterocycles. The van der Waals surface area contributed by atoms with Crippen LogP contribution in [0.4, 0.5) is 0 Å². The summed E-state index contributed by atoms with van der Waals surface area (Å²) in [5.74, 6) is 0. The van der Waals surface area contributed by atoms with Crippen molar-refractivity contribution in [1.82, 2.24) is 0 Å². The minimum Gasteiger partial charge on any atom is -0.0765 e. The third kappa shape index (κ3) is 1.85. The molecule has 0 nitrogen and oxygen atoms in total.